The zero-order valence-electron chi connectivity index (χ0n) is 18.9. The molecule has 1 unspecified atom stereocenters. The molecule has 0 bridgehead atoms. The first-order chi connectivity index (χ1) is 16.1. The maximum atomic E-state index is 13.2. The molecule has 34 heavy (non-hydrogen) atoms. The van der Waals surface area contributed by atoms with Crippen molar-refractivity contribution in [3.63, 3.8) is 0 Å². The first kappa shape index (κ1) is 25.1. The Hall–Kier alpha value is -3.56. The van der Waals surface area contributed by atoms with Gasteiger partial charge in [0.1, 0.15) is 5.82 Å². The molecule has 7 nitrogen and oxygen atoms in total. The molecule has 178 valence electrons. The molecule has 0 fully saturated rings. The van der Waals surface area contributed by atoms with Crippen LogP contribution in [0.1, 0.15) is 35.9 Å². The number of hydrogen-bond acceptors (Lipinski definition) is 5. The smallest absolute Gasteiger partial charge is 0.339 e. The fourth-order valence-corrected chi connectivity index (χ4v) is 4.46. The summed E-state index contributed by atoms with van der Waals surface area (Å²) in [6.45, 7) is 3.47. The summed E-state index contributed by atoms with van der Waals surface area (Å²) in [5.41, 5.74) is 0.723. The van der Waals surface area contributed by atoms with Crippen molar-refractivity contribution >= 4 is 27.6 Å². The zero-order chi connectivity index (χ0) is 24.9. The zero-order valence-corrected chi connectivity index (χ0v) is 19.8. The Morgan fingerprint density at radius 2 is 1.59 bits per heavy atom. The topological polar surface area (TPSA) is 92.8 Å². The van der Waals surface area contributed by atoms with Crippen LogP contribution in [0.4, 0.5) is 10.1 Å². The van der Waals surface area contributed by atoms with Crippen LogP contribution in [0.5, 0.6) is 0 Å². The number of halogens is 1. The summed E-state index contributed by atoms with van der Waals surface area (Å²) in [5, 5.41) is 2.60. The van der Waals surface area contributed by atoms with Crippen LogP contribution < -0.4 is 5.32 Å². The number of rotatable bonds is 8. The summed E-state index contributed by atoms with van der Waals surface area (Å²) in [6.07, 6.45) is -1.32. The third-order valence-corrected chi connectivity index (χ3v) is 7.18. The number of anilines is 1. The lowest BCUT2D eigenvalue weighted by Gasteiger charge is -2.21. The van der Waals surface area contributed by atoms with Crippen LogP contribution in [0, 0.1) is 5.82 Å². The van der Waals surface area contributed by atoms with Gasteiger partial charge in [0.15, 0.2) is 0 Å². The molecule has 0 aliphatic rings. The summed E-state index contributed by atoms with van der Waals surface area (Å²) in [6, 6.07) is 18.7. The molecule has 0 saturated heterocycles. The Balaban J connectivity index is 1.88. The highest BCUT2D eigenvalue weighted by atomic mass is 32.2. The van der Waals surface area contributed by atoms with Crippen LogP contribution in [-0.2, 0) is 19.6 Å². The van der Waals surface area contributed by atoms with E-state index < -0.39 is 33.8 Å². The second-order valence-electron chi connectivity index (χ2n) is 7.84. The van der Waals surface area contributed by atoms with Crippen LogP contribution in [0.2, 0.25) is 0 Å². The van der Waals surface area contributed by atoms with Gasteiger partial charge in [-0.1, -0.05) is 36.4 Å². The van der Waals surface area contributed by atoms with E-state index in [4.69, 9.17) is 4.74 Å². The standard InChI is InChI=1S/C25H25FN2O5S/c1-17(2)28(3)34(31,32)22-11-7-10-19(16-22)25(30)33-23(18-8-5-4-6-9-18)24(29)27-21-14-12-20(26)13-15-21/h4-17,23H,1-3H3,(H,27,29). The first-order valence-electron chi connectivity index (χ1n) is 10.5. The van der Waals surface area contributed by atoms with Crippen LogP contribution in [0.15, 0.2) is 83.8 Å². The van der Waals surface area contributed by atoms with Gasteiger partial charge in [-0.3, -0.25) is 4.79 Å². The quantitative estimate of drug-likeness (QED) is 0.479. The Morgan fingerprint density at radius 3 is 2.21 bits per heavy atom. The fourth-order valence-electron chi connectivity index (χ4n) is 3.04. The van der Waals surface area contributed by atoms with Crippen molar-refractivity contribution in [2.24, 2.45) is 0 Å². The molecule has 0 aliphatic carbocycles. The van der Waals surface area contributed by atoms with E-state index in [-0.39, 0.29) is 16.5 Å². The minimum Gasteiger partial charge on any atom is -0.444 e. The van der Waals surface area contributed by atoms with Gasteiger partial charge in [-0.15, -0.1) is 0 Å². The van der Waals surface area contributed by atoms with Crippen LogP contribution in [0.3, 0.4) is 0 Å². The third kappa shape index (κ3) is 5.86. The largest absolute Gasteiger partial charge is 0.444 e. The van der Waals surface area contributed by atoms with Gasteiger partial charge in [-0.2, -0.15) is 4.31 Å². The van der Waals surface area contributed by atoms with E-state index in [0.717, 1.165) is 0 Å². The first-order valence-corrected chi connectivity index (χ1v) is 11.9. The molecule has 1 amide bonds. The van der Waals surface area contributed by atoms with Crippen LogP contribution >= 0.6 is 0 Å². The monoisotopic (exact) mass is 484 g/mol. The molecular formula is C25H25FN2O5S. The lowest BCUT2D eigenvalue weighted by Crippen LogP contribution is -2.33. The molecule has 9 heteroatoms. The van der Waals surface area contributed by atoms with Crippen molar-refractivity contribution in [2.45, 2.75) is 30.9 Å². The summed E-state index contributed by atoms with van der Waals surface area (Å²) in [5.74, 6) is -1.97. The van der Waals surface area contributed by atoms with Crippen molar-refractivity contribution < 1.29 is 27.1 Å². The predicted molar refractivity (Wildman–Crippen MR) is 126 cm³/mol. The molecule has 0 radical (unpaired) electrons. The van der Waals surface area contributed by atoms with Gasteiger partial charge in [0, 0.05) is 24.3 Å². The highest BCUT2D eigenvalue weighted by molar-refractivity contribution is 7.89. The van der Waals surface area contributed by atoms with Gasteiger partial charge in [-0.05, 0) is 56.3 Å². The number of hydrogen-bond donors (Lipinski definition) is 1. The second-order valence-corrected chi connectivity index (χ2v) is 9.83. The third-order valence-electron chi connectivity index (χ3n) is 5.15. The SMILES string of the molecule is CC(C)N(C)S(=O)(=O)c1cccc(C(=O)OC(C(=O)Nc2ccc(F)cc2)c2ccccc2)c1. The lowest BCUT2D eigenvalue weighted by molar-refractivity contribution is -0.125. The molecule has 3 aromatic rings. The number of ether oxygens (including phenoxy) is 1. The van der Waals surface area contributed by atoms with Crippen molar-refractivity contribution in [1.29, 1.82) is 0 Å². The Kier molecular flexibility index (Phi) is 7.80. The second kappa shape index (κ2) is 10.6. The molecule has 1 atom stereocenters. The normalized spacial score (nSPS) is 12.4. The molecule has 3 rings (SSSR count). The van der Waals surface area contributed by atoms with Crippen LogP contribution in [0.25, 0.3) is 0 Å². The van der Waals surface area contributed by atoms with Gasteiger partial charge >= 0.3 is 5.97 Å². The lowest BCUT2D eigenvalue weighted by atomic mass is 10.1. The van der Waals surface area contributed by atoms with Crippen molar-refractivity contribution in [2.75, 3.05) is 12.4 Å². The molecular weight excluding hydrogens is 459 g/mol. The summed E-state index contributed by atoms with van der Waals surface area (Å²) in [7, 11) is -2.37. The van der Waals surface area contributed by atoms with E-state index in [9.17, 15) is 22.4 Å². The summed E-state index contributed by atoms with van der Waals surface area (Å²) >= 11 is 0. The van der Waals surface area contributed by atoms with Crippen molar-refractivity contribution in [3.05, 3.63) is 95.8 Å². The maximum absolute atomic E-state index is 13.2. The molecule has 0 aliphatic heterocycles. The molecule has 0 spiro atoms. The van der Waals surface area contributed by atoms with E-state index in [1.54, 1.807) is 44.2 Å². The number of sulfonamides is 1. The number of carbonyl (C=O) groups is 2. The molecule has 1 N–H and O–H groups in total. The highest BCUT2D eigenvalue weighted by Crippen LogP contribution is 2.24. The average molecular weight is 485 g/mol. The van der Waals surface area contributed by atoms with Gasteiger partial charge in [0.05, 0.1) is 10.5 Å². The molecule has 0 heterocycles. The van der Waals surface area contributed by atoms with Crippen molar-refractivity contribution in [1.82, 2.24) is 4.31 Å². The van der Waals surface area contributed by atoms with Crippen LogP contribution in [-0.4, -0.2) is 37.7 Å². The fraction of sp³-hybridized carbons (Fsp3) is 0.200. The summed E-state index contributed by atoms with van der Waals surface area (Å²) < 4.78 is 45.5. The molecule has 0 saturated carbocycles. The van der Waals surface area contributed by atoms with Gasteiger partial charge in [0.25, 0.3) is 5.91 Å². The minimum atomic E-state index is -3.82. The number of amides is 1. The van der Waals surface area contributed by atoms with E-state index >= 15 is 0 Å². The Bertz CT molecular complexity index is 1260. The average Bonchev–Trinajstić information content (AvgIpc) is 2.83. The van der Waals surface area contributed by atoms with Gasteiger partial charge in [0.2, 0.25) is 16.1 Å². The number of carbonyl (C=O) groups excluding carboxylic acids is 2. The van der Waals surface area contributed by atoms with Crippen molar-refractivity contribution in [3.8, 4) is 0 Å². The number of esters is 1. The Morgan fingerprint density at radius 1 is 0.941 bits per heavy atom. The number of nitrogens with one attached hydrogen (secondary N) is 1. The van der Waals surface area contributed by atoms with E-state index in [0.29, 0.717) is 11.3 Å². The maximum Gasteiger partial charge on any atom is 0.339 e. The predicted octanol–water partition coefficient (Wildman–Crippen LogP) is 4.39. The van der Waals surface area contributed by atoms with Gasteiger partial charge < -0.3 is 10.1 Å². The Labute approximate surface area is 198 Å². The number of nitrogens with zero attached hydrogens (tertiary/aromatic N) is 1. The minimum absolute atomic E-state index is 0.0197. The van der Waals surface area contributed by atoms with Gasteiger partial charge in [-0.25, -0.2) is 17.6 Å². The number of benzene rings is 3. The summed E-state index contributed by atoms with van der Waals surface area (Å²) in [4.78, 5) is 25.9. The van der Waals surface area contributed by atoms with E-state index in [1.807, 2.05) is 0 Å². The molecule has 3 aromatic carbocycles. The molecule has 0 aromatic heterocycles. The van der Waals surface area contributed by atoms with E-state index in [1.165, 1.54) is 59.9 Å². The highest BCUT2D eigenvalue weighted by Gasteiger charge is 2.28. The van der Waals surface area contributed by atoms with E-state index in [2.05, 4.69) is 5.32 Å².